The molecule has 1 aromatic rings. The zero-order valence-electron chi connectivity index (χ0n) is 15.0. The Labute approximate surface area is 149 Å². The van der Waals surface area contributed by atoms with Gasteiger partial charge in [0.15, 0.2) is 21.4 Å². The molecule has 1 atom stereocenters. The van der Waals surface area contributed by atoms with Crippen LogP contribution in [0.5, 0.6) is 5.75 Å². The molecule has 0 fully saturated rings. The first kappa shape index (κ1) is 21.4. The van der Waals surface area contributed by atoms with E-state index >= 15 is 0 Å². The molecule has 0 aliphatic rings. The molecule has 0 spiro atoms. The number of aryl methyl sites for hydroxylation is 1. The highest BCUT2D eigenvalue weighted by molar-refractivity contribution is 7.91. The summed E-state index contributed by atoms with van der Waals surface area (Å²) in [4.78, 5) is 11.3. The third-order valence-electron chi connectivity index (χ3n) is 4.21. The van der Waals surface area contributed by atoms with E-state index < -0.39 is 38.0 Å². The van der Waals surface area contributed by atoms with Crippen molar-refractivity contribution in [1.29, 1.82) is 0 Å². The van der Waals surface area contributed by atoms with Crippen LogP contribution in [-0.4, -0.2) is 31.9 Å². The molecule has 1 N–H and O–H groups in total. The summed E-state index contributed by atoms with van der Waals surface area (Å²) in [6.07, 6.45) is 3.65. The van der Waals surface area contributed by atoms with Crippen molar-refractivity contribution >= 4 is 15.8 Å². The molecule has 1 rings (SSSR count). The van der Waals surface area contributed by atoms with E-state index in [2.05, 4.69) is 6.92 Å². The van der Waals surface area contributed by atoms with Crippen molar-refractivity contribution in [2.75, 3.05) is 12.4 Å². The molecule has 0 saturated heterocycles. The number of carbonyl (C=O) groups excluding carboxylic acids is 1. The predicted molar refractivity (Wildman–Crippen MR) is 93.7 cm³/mol. The lowest BCUT2D eigenvalue weighted by atomic mass is 10.0. The van der Waals surface area contributed by atoms with Gasteiger partial charge in [0.2, 0.25) is 0 Å². The van der Waals surface area contributed by atoms with Crippen molar-refractivity contribution in [2.24, 2.45) is 5.92 Å². The highest BCUT2D eigenvalue weighted by atomic mass is 32.2. The number of sulfone groups is 1. The molecule has 142 valence electrons. The topological polar surface area (TPSA) is 80.7 Å². The molecule has 0 radical (unpaired) electrons. The lowest BCUT2D eigenvalue weighted by molar-refractivity contribution is -0.144. The smallest absolute Gasteiger partial charge is 0.306 e. The van der Waals surface area contributed by atoms with Gasteiger partial charge in [-0.25, -0.2) is 12.8 Å². The number of hydrogen-bond donors (Lipinski definition) is 1. The molecule has 0 bridgehead atoms. The highest BCUT2D eigenvalue weighted by Gasteiger charge is 2.23. The lowest BCUT2D eigenvalue weighted by Gasteiger charge is -2.14. The van der Waals surface area contributed by atoms with Gasteiger partial charge in [-0.1, -0.05) is 39.2 Å². The van der Waals surface area contributed by atoms with Gasteiger partial charge in [-0.05, 0) is 30.9 Å². The van der Waals surface area contributed by atoms with Gasteiger partial charge < -0.3 is 9.84 Å². The second-order valence-electron chi connectivity index (χ2n) is 6.21. The van der Waals surface area contributed by atoms with Crippen LogP contribution < -0.4 is 0 Å². The van der Waals surface area contributed by atoms with Gasteiger partial charge in [-0.3, -0.25) is 4.79 Å². The predicted octanol–water partition coefficient (Wildman–Crippen LogP) is 3.76. The molecule has 0 saturated carbocycles. The Morgan fingerprint density at radius 2 is 2.00 bits per heavy atom. The summed E-state index contributed by atoms with van der Waals surface area (Å²) in [7, 11) is -3.97. The minimum Gasteiger partial charge on any atom is -0.504 e. The minimum atomic E-state index is -3.97. The van der Waals surface area contributed by atoms with Gasteiger partial charge in [0.25, 0.3) is 0 Å². The number of ether oxygens (including phenoxy) is 1. The number of halogens is 1. The lowest BCUT2D eigenvalue weighted by Crippen LogP contribution is -2.17. The van der Waals surface area contributed by atoms with Gasteiger partial charge in [0.05, 0.1) is 18.8 Å². The number of hydrogen-bond acceptors (Lipinski definition) is 5. The fourth-order valence-corrected chi connectivity index (χ4v) is 3.72. The molecule has 25 heavy (non-hydrogen) atoms. The molecule has 7 heteroatoms. The van der Waals surface area contributed by atoms with Crippen LogP contribution in [0, 0.1) is 18.7 Å². The van der Waals surface area contributed by atoms with Crippen molar-refractivity contribution in [1.82, 2.24) is 0 Å². The zero-order valence-corrected chi connectivity index (χ0v) is 15.9. The van der Waals surface area contributed by atoms with E-state index in [9.17, 15) is 22.7 Å². The van der Waals surface area contributed by atoms with E-state index in [4.69, 9.17) is 4.74 Å². The summed E-state index contributed by atoms with van der Waals surface area (Å²) in [5, 5.41) is 9.70. The van der Waals surface area contributed by atoms with E-state index in [1.165, 1.54) is 13.0 Å². The molecule has 0 aromatic heterocycles. The number of benzene rings is 1. The van der Waals surface area contributed by atoms with Crippen LogP contribution in [0.15, 0.2) is 17.0 Å². The molecule has 0 aliphatic carbocycles. The molecule has 0 unspecified atom stereocenters. The third kappa shape index (κ3) is 6.30. The van der Waals surface area contributed by atoms with Gasteiger partial charge in [-0.15, -0.1) is 0 Å². The Morgan fingerprint density at radius 3 is 2.60 bits per heavy atom. The Bertz CT molecular complexity index is 685. The van der Waals surface area contributed by atoms with E-state index in [0.717, 1.165) is 31.7 Å². The van der Waals surface area contributed by atoms with Crippen molar-refractivity contribution in [3.63, 3.8) is 0 Å². The van der Waals surface area contributed by atoms with Crippen molar-refractivity contribution in [2.45, 2.75) is 57.8 Å². The fourth-order valence-electron chi connectivity index (χ4n) is 2.41. The maximum atomic E-state index is 13.7. The summed E-state index contributed by atoms with van der Waals surface area (Å²) in [6, 6.07) is 2.42. The van der Waals surface area contributed by atoms with Crippen molar-refractivity contribution in [3.8, 4) is 5.75 Å². The number of carbonyl (C=O) groups is 1. The number of rotatable bonds is 10. The van der Waals surface area contributed by atoms with Gasteiger partial charge in [-0.2, -0.15) is 0 Å². The van der Waals surface area contributed by atoms with Crippen LogP contribution in [0.4, 0.5) is 4.39 Å². The standard InChI is InChI=1S/C18H27FO5S/c1-4-6-7-14(5-2)12-24-16(20)10-11-25(22,23)15-9-8-13(3)17(19)18(15)21/h8-9,14,21H,4-7,10-12H2,1-3H3/t14-/m1/s1. The minimum absolute atomic E-state index is 0.147. The molecular formula is C18H27FO5S. The number of unbranched alkanes of at least 4 members (excludes halogenated alkanes) is 1. The number of aromatic hydroxyl groups is 1. The van der Waals surface area contributed by atoms with Crippen LogP contribution in [-0.2, 0) is 19.4 Å². The normalized spacial score (nSPS) is 12.8. The van der Waals surface area contributed by atoms with Gasteiger partial charge in [0.1, 0.15) is 4.90 Å². The Kier molecular flexibility index (Phi) is 8.35. The average molecular weight is 374 g/mol. The second kappa shape index (κ2) is 9.75. The first-order valence-electron chi connectivity index (χ1n) is 8.59. The molecular weight excluding hydrogens is 347 g/mol. The Morgan fingerprint density at radius 1 is 1.32 bits per heavy atom. The monoisotopic (exact) mass is 374 g/mol. The van der Waals surface area contributed by atoms with Gasteiger partial charge >= 0.3 is 5.97 Å². The second-order valence-corrected chi connectivity index (χ2v) is 8.29. The summed E-state index contributed by atoms with van der Waals surface area (Å²) in [6.45, 7) is 5.81. The van der Waals surface area contributed by atoms with Crippen LogP contribution in [0.2, 0.25) is 0 Å². The summed E-state index contributed by atoms with van der Waals surface area (Å²) >= 11 is 0. The SMILES string of the molecule is CCCC[C@@H](CC)COC(=O)CCS(=O)(=O)c1ccc(C)c(F)c1O. The van der Waals surface area contributed by atoms with Crippen molar-refractivity contribution in [3.05, 3.63) is 23.5 Å². The summed E-state index contributed by atoms with van der Waals surface area (Å²) in [5.74, 6) is -2.74. The first-order valence-corrected chi connectivity index (χ1v) is 10.2. The maximum absolute atomic E-state index is 13.7. The number of esters is 1. The average Bonchev–Trinajstić information content (AvgIpc) is 2.58. The molecule has 0 amide bonds. The van der Waals surface area contributed by atoms with Gasteiger partial charge in [0, 0.05) is 0 Å². The van der Waals surface area contributed by atoms with E-state index in [1.54, 1.807) is 0 Å². The van der Waals surface area contributed by atoms with E-state index in [0.29, 0.717) is 0 Å². The Balaban J connectivity index is 2.61. The van der Waals surface area contributed by atoms with E-state index in [-0.39, 0.29) is 24.5 Å². The zero-order chi connectivity index (χ0) is 19.0. The summed E-state index contributed by atoms with van der Waals surface area (Å²) in [5.41, 5.74) is 0.147. The van der Waals surface area contributed by atoms with Crippen LogP contribution in [0.3, 0.4) is 0 Å². The third-order valence-corrected chi connectivity index (χ3v) is 5.95. The van der Waals surface area contributed by atoms with Crippen LogP contribution in [0.25, 0.3) is 0 Å². The van der Waals surface area contributed by atoms with Crippen molar-refractivity contribution < 1.29 is 27.4 Å². The van der Waals surface area contributed by atoms with Crippen LogP contribution >= 0.6 is 0 Å². The molecule has 1 aromatic carbocycles. The van der Waals surface area contributed by atoms with Crippen LogP contribution in [0.1, 0.15) is 51.5 Å². The fraction of sp³-hybridized carbons (Fsp3) is 0.611. The number of phenolic OH excluding ortho intramolecular Hbond substituents is 1. The quantitative estimate of drug-likeness (QED) is 0.631. The molecule has 5 nitrogen and oxygen atoms in total. The maximum Gasteiger partial charge on any atom is 0.306 e. The number of phenols is 1. The molecule has 0 heterocycles. The van der Waals surface area contributed by atoms with E-state index in [1.807, 2.05) is 6.92 Å². The summed E-state index contributed by atoms with van der Waals surface area (Å²) < 4.78 is 43.3. The largest absolute Gasteiger partial charge is 0.504 e. The molecule has 0 aliphatic heterocycles. The first-order chi connectivity index (χ1) is 11.7. The highest BCUT2D eigenvalue weighted by Crippen LogP contribution is 2.29. The Hall–Kier alpha value is -1.63.